The molecular weight excluding hydrogens is 479 g/mol. The first-order chi connectivity index (χ1) is 14.9. The molecule has 0 unspecified atom stereocenters. The number of allylic oxidation sites excluding steroid dienone is 1. The van der Waals surface area contributed by atoms with Crippen molar-refractivity contribution >= 4 is 58.2 Å². The molecule has 3 aromatic rings. The van der Waals surface area contributed by atoms with Crippen LogP contribution in [0.3, 0.4) is 0 Å². The van der Waals surface area contributed by atoms with Crippen molar-refractivity contribution in [3.63, 3.8) is 0 Å². The molecule has 1 amide bonds. The quantitative estimate of drug-likeness (QED) is 0.288. The molecule has 0 aliphatic heterocycles. The minimum Gasteiger partial charge on any atom is -0.484 e. The summed E-state index contributed by atoms with van der Waals surface area (Å²) in [6.45, 7) is 6.30. The smallest absolute Gasteiger partial charge is 0.234 e. The number of hydrogen-bond acceptors (Lipinski definition) is 5. The average Bonchev–Trinajstić information content (AvgIpc) is 3.10. The Balaban J connectivity index is 1.64. The molecule has 1 N–H and O–H groups in total. The van der Waals surface area contributed by atoms with Crippen LogP contribution < -0.4 is 10.1 Å². The summed E-state index contributed by atoms with van der Waals surface area (Å²) < 4.78 is 7.59. The van der Waals surface area contributed by atoms with Gasteiger partial charge in [0.25, 0.3) is 0 Å². The van der Waals surface area contributed by atoms with E-state index < -0.39 is 0 Å². The van der Waals surface area contributed by atoms with E-state index in [9.17, 15) is 4.79 Å². The van der Waals surface area contributed by atoms with Crippen LogP contribution in [0.25, 0.3) is 0 Å². The van der Waals surface area contributed by atoms with Crippen molar-refractivity contribution in [2.75, 3.05) is 11.1 Å². The number of aromatic nitrogens is 3. The van der Waals surface area contributed by atoms with Crippen LogP contribution in [-0.2, 0) is 17.9 Å². The number of thioether (sulfide) groups is 1. The standard InChI is InChI=1S/C21H19Cl3N4O2S/c1-3-8-28-19(11-30-18-7-6-14(22)9-16(18)24)26-27-21(28)31-12-20(29)25-17-10-15(23)5-4-13(17)2/h3-7,9-10H,1,8,11-12H2,2H3,(H,25,29). The summed E-state index contributed by atoms with van der Waals surface area (Å²) >= 11 is 19.3. The summed E-state index contributed by atoms with van der Waals surface area (Å²) in [5, 5.41) is 13.3. The predicted molar refractivity (Wildman–Crippen MR) is 127 cm³/mol. The van der Waals surface area contributed by atoms with Gasteiger partial charge < -0.3 is 10.1 Å². The lowest BCUT2D eigenvalue weighted by molar-refractivity contribution is -0.113. The first-order valence-corrected chi connectivity index (χ1v) is 11.3. The van der Waals surface area contributed by atoms with Gasteiger partial charge in [-0.15, -0.1) is 16.8 Å². The van der Waals surface area contributed by atoms with E-state index >= 15 is 0 Å². The molecule has 1 heterocycles. The fraction of sp³-hybridized carbons (Fsp3) is 0.190. The maximum Gasteiger partial charge on any atom is 0.234 e. The summed E-state index contributed by atoms with van der Waals surface area (Å²) in [4.78, 5) is 12.4. The van der Waals surface area contributed by atoms with Crippen LogP contribution in [0.4, 0.5) is 5.69 Å². The second-order valence-corrected chi connectivity index (χ2v) is 8.68. The van der Waals surface area contributed by atoms with Gasteiger partial charge in [-0.3, -0.25) is 9.36 Å². The molecule has 6 nitrogen and oxygen atoms in total. The topological polar surface area (TPSA) is 69.0 Å². The van der Waals surface area contributed by atoms with Gasteiger partial charge in [0.2, 0.25) is 5.91 Å². The van der Waals surface area contributed by atoms with Crippen LogP contribution >= 0.6 is 46.6 Å². The lowest BCUT2D eigenvalue weighted by atomic mass is 10.2. The fourth-order valence-electron chi connectivity index (χ4n) is 2.62. The van der Waals surface area contributed by atoms with Gasteiger partial charge in [-0.25, -0.2) is 0 Å². The van der Waals surface area contributed by atoms with Crippen LogP contribution in [0.2, 0.25) is 15.1 Å². The van der Waals surface area contributed by atoms with Crippen molar-refractivity contribution in [1.29, 1.82) is 0 Å². The van der Waals surface area contributed by atoms with Crippen molar-refractivity contribution in [3.05, 3.63) is 75.5 Å². The lowest BCUT2D eigenvalue weighted by Gasteiger charge is -2.11. The molecule has 31 heavy (non-hydrogen) atoms. The van der Waals surface area contributed by atoms with Gasteiger partial charge in [0, 0.05) is 22.3 Å². The third kappa shape index (κ3) is 6.40. The second-order valence-electron chi connectivity index (χ2n) is 6.46. The molecule has 0 fully saturated rings. The Bertz CT molecular complexity index is 1100. The Kier molecular flexibility index (Phi) is 8.26. The third-order valence-corrected chi connectivity index (χ3v) is 5.89. The summed E-state index contributed by atoms with van der Waals surface area (Å²) in [5.41, 5.74) is 1.61. The van der Waals surface area contributed by atoms with E-state index in [-0.39, 0.29) is 18.3 Å². The summed E-state index contributed by atoms with van der Waals surface area (Å²) in [6.07, 6.45) is 1.72. The Labute approximate surface area is 199 Å². The number of aryl methyl sites for hydroxylation is 1. The molecule has 0 bridgehead atoms. The monoisotopic (exact) mass is 496 g/mol. The fourth-order valence-corrected chi connectivity index (χ4v) is 4.03. The third-order valence-electron chi connectivity index (χ3n) is 4.16. The summed E-state index contributed by atoms with van der Waals surface area (Å²) in [7, 11) is 0. The second kappa shape index (κ2) is 10.9. The molecule has 0 atom stereocenters. The van der Waals surface area contributed by atoms with E-state index in [2.05, 4.69) is 22.1 Å². The van der Waals surface area contributed by atoms with E-state index in [1.165, 1.54) is 11.8 Å². The Morgan fingerprint density at radius 2 is 1.94 bits per heavy atom. The number of ether oxygens (including phenoxy) is 1. The number of benzene rings is 2. The first kappa shape index (κ1) is 23.5. The van der Waals surface area contributed by atoms with Gasteiger partial charge in [0.15, 0.2) is 11.0 Å². The molecular formula is C21H19Cl3N4O2S. The summed E-state index contributed by atoms with van der Waals surface area (Å²) in [6, 6.07) is 10.3. The Morgan fingerprint density at radius 1 is 1.19 bits per heavy atom. The minimum atomic E-state index is -0.172. The van der Waals surface area contributed by atoms with E-state index in [0.29, 0.717) is 44.0 Å². The highest BCUT2D eigenvalue weighted by Gasteiger charge is 2.15. The highest BCUT2D eigenvalue weighted by atomic mass is 35.5. The number of rotatable bonds is 9. The number of amides is 1. The maximum atomic E-state index is 12.4. The molecule has 3 rings (SSSR count). The maximum absolute atomic E-state index is 12.4. The highest BCUT2D eigenvalue weighted by Crippen LogP contribution is 2.28. The highest BCUT2D eigenvalue weighted by molar-refractivity contribution is 7.99. The lowest BCUT2D eigenvalue weighted by Crippen LogP contribution is -2.15. The van der Waals surface area contributed by atoms with E-state index in [0.717, 1.165) is 5.56 Å². The van der Waals surface area contributed by atoms with Crippen LogP contribution in [0.15, 0.2) is 54.2 Å². The largest absolute Gasteiger partial charge is 0.484 e. The minimum absolute atomic E-state index is 0.149. The first-order valence-electron chi connectivity index (χ1n) is 9.17. The van der Waals surface area contributed by atoms with Crippen molar-refractivity contribution in [1.82, 2.24) is 14.8 Å². The molecule has 0 saturated carbocycles. The Hall–Kier alpha value is -2.19. The van der Waals surface area contributed by atoms with Crippen molar-refractivity contribution in [3.8, 4) is 5.75 Å². The number of carbonyl (C=O) groups is 1. The number of hydrogen-bond donors (Lipinski definition) is 1. The van der Waals surface area contributed by atoms with Gasteiger partial charge in [0.1, 0.15) is 12.4 Å². The SMILES string of the molecule is C=CCn1c(COc2ccc(Cl)cc2Cl)nnc1SCC(=O)Nc1cc(Cl)ccc1C. The molecule has 0 saturated heterocycles. The molecule has 0 aliphatic carbocycles. The number of anilines is 1. The van der Waals surface area contributed by atoms with Crippen LogP contribution in [0.5, 0.6) is 5.75 Å². The van der Waals surface area contributed by atoms with E-state index in [1.807, 2.05) is 17.6 Å². The zero-order valence-corrected chi connectivity index (χ0v) is 19.7. The molecule has 0 radical (unpaired) electrons. The molecule has 0 spiro atoms. The van der Waals surface area contributed by atoms with Gasteiger partial charge in [-0.2, -0.15) is 0 Å². The number of carbonyl (C=O) groups excluding carboxylic acids is 1. The van der Waals surface area contributed by atoms with Crippen LogP contribution in [-0.4, -0.2) is 26.4 Å². The van der Waals surface area contributed by atoms with Crippen molar-refractivity contribution in [2.45, 2.75) is 25.2 Å². The average molecular weight is 498 g/mol. The van der Waals surface area contributed by atoms with Crippen molar-refractivity contribution in [2.24, 2.45) is 0 Å². The zero-order valence-electron chi connectivity index (χ0n) is 16.6. The van der Waals surface area contributed by atoms with Crippen LogP contribution in [0, 0.1) is 6.92 Å². The molecule has 0 aliphatic rings. The normalized spacial score (nSPS) is 10.7. The molecule has 2 aromatic carbocycles. The van der Waals surface area contributed by atoms with Gasteiger partial charge in [-0.05, 0) is 42.8 Å². The number of nitrogens with zero attached hydrogens (tertiary/aromatic N) is 3. The van der Waals surface area contributed by atoms with E-state index in [4.69, 9.17) is 39.5 Å². The molecule has 10 heteroatoms. The van der Waals surface area contributed by atoms with Gasteiger partial charge >= 0.3 is 0 Å². The van der Waals surface area contributed by atoms with Crippen molar-refractivity contribution < 1.29 is 9.53 Å². The summed E-state index contributed by atoms with van der Waals surface area (Å²) in [5.74, 6) is 1.06. The van der Waals surface area contributed by atoms with Crippen LogP contribution in [0.1, 0.15) is 11.4 Å². The molecule has 1 aromatic heterocycles. The van der Waals surface area contributed by atoms with E-state index in [1.54, 1.807) is 36.4 Å². The Morgan fingerprint density at radius 3 is 2.68 bits per heavy atom. The number of nitrogens with one attached hydrogen (secondary N) is 1. The number of halogens is 3. The van der Waals surface area contributed by atoms with Gasteiger partial charge in [-0.1, -0.05) is 58.7 Å². The zero-order chi connectivity index (χ0) is 22.4. The van der Waals surface area contributed by atoms with Gasteiger partial charge in [0.05, 0.1) is 10.8 Å². The molecule has 162 valence electrons. The predicted octanol–water partition coefficient (Wildman–Crippen LogP) is 6.04.